The van der Waals surface area contributed by atoms with Gasteiger partial charge < -0.3 is 14.6 Å². The second kappa shape index (κ2) is 7.58. The van der Waals surface area contributed by atoms with Crippen molar-refractivity contribution in [2.45, 2.75) is 20.0 Å². The molecule has 0 saturated heterocycles. The van der Waals surface area contributed by atoms with E-state index in [0.29, 0.717) is 20.9 Å². The van der Waals surface area contributed by atoms with E-state index in [4.69, 9.17) is 9.47 Å². The first-order valence-corrected chi connectivity index (χ1v) is 8.85. The van der Waals surface area contributed by atoms with Crippen LogP contribution in [0, 0.1) is 0 Å². The van der Waals surface area contributed by atoms with E-state index in [-0.39, 0.29) is 23.3 Å². The Morgan fingerprint density at radius 3 is 2.74 bits per heavy atom. The van der Waals surface area contributed by atoms with Crippen LogP contribution in [0.25, 0.3) is 10.2 Å². The number of anilines is 1. The fourth-order valence-electron chi connectivity index (χ4n) is 2.31. The normalized spacial score (nSPS) is 10.8. The first kappa shape index (κ1) is 18.6. The lowest BCUT2D eigenvalue weighted by Crippen LogP contribution is -2.13. The quantitative estimate of drug-likeness (QED) is 0.647. The number of fused-ring (bicyclic) bond motifs is 1. The highest BCUT2D eigenvalue weighted by molar-refractivity contribution is 7.22. The van der Waals surface area contributed by atoms with Gasteiger partial charge >= 0.3 is 5.97 Å². The van der Waals surface area contributed by atoms with Crippen LogP contribution in [0.2, 0.25) is 0 Å². The second-order valence-electron chi connectivity index (χ2n) is 5.82. The maximum Gasteiger partial charge on any atom is 0.338 e. The maximum absolute atomic E-state index is 12.4. The Morgan fingerprint density at radius 2 is 2.04 bits per heavy atom. The third kappa shape index (κ3) is 3.98. The molecule has 0 radical (unpaired) electrons. The summed E-state index contributed by atoms with van der Waals surface area (Å²) in [6.45, 7) is 3.55. The molecular weight excluding hydrogens is 370 g/mol. The molecule has 2 aromatic heterocycles. The lowest BCUT2D eigenvalue weighted by atomic mass is 10.2. The molecule has 0 fully saturated rings. The topological polar surface area (TPSA) is 111 Å². The Labute approximate surface area is 158 Å². The van der Waals surface area contributed by atoms with Crippen molar-refractivity contribution in [2.24, 2.45) is 0 Å². The molecule has 2 heterocycles. The fourth-order valence-corrected chi connectivity index (χ4v) is 3.21. The van der Waals surface area contributed by atoms with Crippen LogP contribution in [0.4, 0.5) is 5.13 Å². The van der Waals surface area contributed by atoms with Crippen LogP contribution in [0.1, 0.15) is 34.7 Å². The third-order valence-electron chi connectivity index (χ3n) is 3.51. The summed E-state index contributed by atoms with van der Waals surface area (Å²) in [6, 6.07) is 6.41. The molecule has 8 nitrogen and oxygen atoms in total. The summed E-state index contributed by atoms with van der Waals surface area (Å²) in [5.74, 6) is -1.24. The predicted molar refractivity (Wildman–Crippen MR) is 101 cm³/mol. The van der Waals surface area contributed by atoms with E-state index in [2.05, 4.69) is 15.3 Å². The van der Waals surface area contributed by atoms with Gasteiger partial charge in [-0.05, 0) is 32.0 Å². The number of hydrogen-bond donors (Lipinski definition) is 2. The molecule has 1 aromatic carbocycles. The van der Waals surface area contributed by atoms with E-state index in [1.54, 1.807) is 32.0 Å². The number of carbonyl (C=O) groups is 2. The summed E-state index contributed by atoms with van der Waals surface area (Å²) in [5.41, 5.74) is 0.860. The average molecular weight is 387 g/mol. The zero-order valence-corrected chi connectivity index (χ0v) is 15.7. The maximum atomic E-state index is 12.4. The van der Waals surface area contributed by atoms with E-state index >= 15 is 0 Å². The number of thiazole rings is 1. The van der Waals surface area contributed by atoms with Crippen LogP contribution < -0.4 is 10.1 Å². The number of nitrogens with zero attached hydrogens (tertiary/aromatic N) is 2. The van der Waals surface area contributed by atoms with Crippen molar-refractivity contribution >= 4 is 38.6 Å². The van der Waals surface area contributed by atoms with Crippen molar-refractivity contribution < 1.29 is 24.2 Å². The number of esters is 1. The number of amides is 1. The van der Waals surface area contributed by atoms with Crippen LogP contribution in [-0.2, 0) is 4.74 Å². The molecule has 27 heavy (non-hydrogen) atoms. The zero-order valence-electron chi connectivity index (χ0n) is 14.8. The molecule has 3 rings (SSSR count). The number of hydrogen-bond acceptors (Lipinski definition) is 8. The van der Waals surface area contributed by atoms with Gasteiger partial charge in [0.1, 0.15) is 0 Å². The Bertz CT molecular complexity index is 1020. The Balaban J connectivity index is 1.83. The van der Waals surface area contributed by atoms with E-state index in [0.717, 1.165) is 0 Å². The van der Waals surface area contributed by atoms with Crippen LogP contribution in [0.5, 0.6) is 11.5 Å². The highest BCUT2D eigenvalue weighted by atomic mass is 32.1. The van der Waals surface area contributed by atoms with Gasteiger partial charge in [0.25, 0.3) is 5.91 Å². The summed E-state index contributed by atoms with van der Waals surface area (Å²) in [5, 5.41) is 12.9. The standard InChI is InChI=1S/C18H17N3O5S/c1-9(2)26-17(24)10-4-5-11-13(8-10)27-18(20-11)21-16(23)14-15(22)12(25-3)6-7-19-14/h4-9,22H,1-3H3,(H,20,21,23). The monoisotopic (exact) mass is 387 g/mol. The molecule has 0 aliphatic heterocycles. The van der Waals surface area contributed by atoms with Crippen molar-refractivity contribution in [2.75, 3.05) is 12.4 Å². The fraction of sp³-hybridized carbons (Fsp3) is 0.222. The molecule has 140 valence electrons. The lowest BCUT2D eigenvalue weighted by molar-refractivity contribution is 0.0378. The van der Waals surface area contributed by atoms with Gasteiger partial charge in [0, 0.05) is 12.3 Å². The third-order valence-corrected chi connectivity index (χ3v) is 4.44. The number of carbonyl (C=O) groups excluding carboxylic acids is 2. The van der Waals surface area contributed by atoms with Crippen molar-refractivity contribution in [1.29, 1.82) is 0 Å². The SMILES string of the molecule is COc1ccnc(C(=O)Nc2nc3ccc(C(=O)OC(C)C)cc3s2)c1O. The molecule has 0 spiro atoms. The highest BCUT2D eigenvalue weighted by Crippen LogP contribution is 2.30. The van der Waals surface area contributed by atoms with Crippen molar-refractivity contribution in [3.05, 3.63) is 41.7 Å². The number of nitrogens with one attached hydrogen (secondary N) is 1. The zero-order chi connectivity index (χ0) is 19.6. The first-order chi connectivity index (χ1) is 12.9. The Kier molecular flexibility index (Phi) is 5.22. The van der Waals surface area contributed by atoms with Crippen LogP contribution in [-0.4, -0.2) is 40.2 Å². The molecule has 0 unspecified atom stereocenters. The summed E-state index contributed by atoms with van der Waals surface area (Å²) in [7, 11) is 1.38. The van der Waals surface area contributed by atoms with Crippen LogP contribution in [0.15, 0.2) is 30.5 Å². The van der Waals surface area contributed by atoms with E-state index in [1.807, 2.05) is 0 Å². The average Bonchev–Trinajstić information content (AvgIpc) is 3.02. The van der Waals surface area contributed by atoms with Gasteiger partial charge in [0.05, 0.1) is 29.0 Å². The molecular formula is C18H17N3O5S. The van der Waals surface area contributed by atoms with Crippen molar-refractivity contribution in [3.63, 3.8) is 0 Å². The van der Waals surface area contributed by atoms with E-state index in [9.17, 15) is 14.7 Å². The van der Waals surface area contributed by atoms with E-state index < -0.39 is 11.9 Å². The molecule has 0 aliphatic carbocycles. The summed E-state index contributed by atoms with van der Waals surface area (Å²) < 4.78 is 10.9. The lowest BCUT2D eigenvalue weighted by Gasteiger charge is -2.07. The Morgan fingerprint density at radius 1 is 1.26 bits per heavy atom. The van der Waals surface area contributed by atoms with Gasteiger partial charge in [-0.3, -0.25) is 10.1 Å². The van der Waals surface area contributed by atoms with Gasteiger partial charge in [0.15, 0.2) is 22.3 Å². The van der Waals surface area contributed by atoms with E-state index in [1.165, 1.54) is 30.7 Å². The molecule has 1 amide bonds. The molecule has 2 N–H and O–H groups in total. The first-order valence-electron chi connectivity index (χ1n) is 8.04. The van der Waals surface area contributed by atoms with Gasteiger partial charge in [-0.25, -0.2) is 14.8 Å². The molecule has 0 atom stereocenters. The number of ether oxygens (including phenoxy) is 2. The largest absolute Gasteiger partial charge is 0.503 e. The van der Waals surface area contributed by atoms with Crippen LogP contribution in [0.3, 0.4) is 0 Å². The Hall–Kier alpha value is -3.20. The van der Waals surface area contributed by atoms with Gasteiger partial charge in [-0.15, -0.1) is 0 Å². The minimum Gasteiger partial charge on any atom is -0.503 e. The summed E-state index contributed by atoms with van der Waals surface area (Å²) in [4.78, 5) is 32.6. The second-order valence-corrected chi connectivity index (χ2v) is 6.85. The molecule has 0 aliphatic rings. The predicted octanol–water partition coefficient (Wildman–Crippen LogP) is 3.22. The van der Waals surface area contributed by atoms with Gasteiger partial charge in [0.2, 0.25) is 0 Å². The van der Waals surface area contributed by atoms with Crippen molar-refractivity contribution in [3.8, 4) is 11.5 Å². The molecule has 0 saturated carbocycles. The minimum atomic E-state index is -0.620. The number of rotatable bonds is 5. The van der Waals surface area contributed by atoms with Gasteiger partial charge in [-0.2, -0.15) is 0 Å². The van der Waals surface area contributed by atoms with Gasteiger partial charge in [-0.1, -0.05) is 11.3 Å². The number of pyridine rings is 1. The van der Waals surface area contributed by atoms with Crippen LogP contribution >= 0.6 is 11.3 Å². The number of aromatic nitrogens is 2. The molecule has 9 heteroatoms. The number of aromatic hydroxyl groups is 1. The summed E-state index contributed by atoms with van der Waals surface area (Å²) in [6.07, 6.45) is 1.14. The number of methoxy groups -OCH3 is 1. The molecule has 0 bridgehead atoms. The highest BCUT2D eigenvalue weighted by Gasteiger charge is 2.19. The minimum absolute atomic E-state index is 0.146. The smallest absolute Gasteiger partial charge is 0.338 e. The number of benzene rings is 1. The van der Waals surface area contributed by atoms with Crippen molar-refractivity contribution in [1.82, 2.24) is 9.97 Å². The molecule has 3 aromatic rings. The summed E-state index contributed by atoms with van der Waals surface area (Å²) >= 11 is 1.20.